The Kier molecular flexibility index (Phi) is 6.82. The summed E-state index contributed by atoms with van der Waals surface area (Å²) < 4.78 is 13.1. The van der Waals surface area contributed by atoms with E-state index in [4.69, 9.17) is 0 Å². The number of carbonyl (C=O) groups excluding carboxylic acids is 1. The number of amides is 1. The van der Waals surface area contributed by atoms with Crippen molar-refractivity contribution in [3.05, 3.63) is 35.6 Å². The van der Waals surface area contributed by atoms with Crippen molar-refractivity contribution in [1.29, 1.82) is 0 Å². The summed E-state index contributed by atoms with van der Waals surface area (Å²) in [7, 11) is 1.64. The van der Waals surface area contributed by atoms with Gasteiger partial charge in [-0.3, -0.25) is 9.79 Å². The van der Waals surface area contributed by atoms with E-state index < -0.39 is 0 Å². The average Bonchev–Trinajstić information content (AvgIpc) is 2.40. The van der Waals surface area contributed by atoms with Crippen molar-refractivity contribution in [3.63, 3.8) is 0 Å². The predicted molar refractivity (Wildman–Crippen MR) is 87.4 cm³/mol. The first kappa shape index (κ1) is 17.9. The fourth-order valence-electron chi connectivity index (χ4n) is 1.86. The molecule has 0 saturated carbocycles. The first-order valence-corrected chi connectivity index (χ1v) is 7.30. The van der Waals surface area contributed by atoms with E-state index in [2.05, 4.69) is 20.9 Å². The van der Waals surface area contributed by atoms with Gasteiger partial charge in [0.15, 0.2) is 5.96 Å². The SMILES string of the molecule is CN=C(NCCc1cccc(F)c1)NCC(=O)NC(C)(C)C. The lowest BCUT2D eigenvalue weighted by atomic mass is 10.1. The average molecular weight is 308 g/mol. The molecule has 6 heteroatoms. The molecule has 1 aromatic carbocycles. The van der Waals surface area contributed by atoms with Crippen LogP contribution in [0.25, 0.3) is 0 Å². The van der Waals surface area contributed by atoms with Gasteiger partial charge in [0.2, 0.25) is 5.91 Å². The molecule has 5 nitrogen and oxygen atoms in total. The number of benzene rings is 1. The van der Waals surface area contributed by atoms with Crippen molar-refractivity contribution >= 4 is 11.9 Å². The molecular formula is C16H25FN4O. The maximum absolute atomic E-state index is 13.1. The van der Waals surface area contributed by atoms with E-state index in [1.54, 1.807) is 13.1 Å². The van der Waals surface area contributed by atoms with Gasteiger partial charge >= 0.3 is 0 Å². The van der Waals surface area contributed by atoms with Crippen LogP contribution in [0.5, 0.6) is 0 Å². The highest BCUT2D eigenvalue weighted by molar-refractivity contribution is 5.86. The van der Waals surface area contributed by atoms with E-state index in [1.165, 1.54) is 12.1 Å². The largest absolute Gasteiger partial charge is 0.356 e. The summed E-state index contributed by atoms with van der Waals surface area (Å²) >= 11 is 0. The van der Waals surface area contributed by atoms with Crippen LogP contribution in [0.3, 0.4) is 0 Å². The van der Waals surface area contributed by atoms with Gasteiger partial charge in [-0.2, -0.15) is 0 Å². The van der Waals surface area contributed by atoms with Gasteiger partial charge in [0.1, 0.15) is 5.82 Å². The fourth-order valence-corrected chi connectivity index (χ4v) is 1.86. The quantitative estimate of drug-likeness (QED) is 0.570. The van der Waals surface area contributed by atoms with E-state index in [9.17, 15) is 9.18 Å². The minimum absolute atomic E-state index is 0.0967. The van der Waals surface area contributed by atoms with Gasteiger partial charge in [-0.25, -0.2) is 4.39 Å². The van der Waals surface area contributed by atoms with Gasteiger partial charge in [0, 0.05) is 19.1 Å². The first-order chi connectivity index (χ1) is 10.3. The Hall–Kier alpha value is -2.11. The van der Waals surface area contributed by atoms with Crippen molar-refractivity contribution in [2.24, 2.45) is 4.99 Å². The molecule has 22 heavy (non-hydrogen) atoms. The molecule has 0 heterocycles. The Morgan fingerprint density at radius 3 is 2.59 bits per heavy atom. The lowest BCUT2D eigenvalue weighted by Crippen LogP contribution is -2.48. The predicted octanol–water partition coefficient (Wildman–Crippen LogP) is 1.45. The topological polar surface area (TPSA) is 65.5 Å². The minimum Gasteiger partial charge on any atom is -0.356 e. The third-order valence-electron chi connectivity index (χ3n) is 2.75. The number of carbonyl (C=O) groups is 1. The third-order valence-corrected chi connectivity index (χ3v) is 2.75. The smallest absolute Gasteiger partial charge is 0.239 e. The molecule has 0 radical (unpaired) electrons. The van der Waals surface area contributed by atoms with Gasteiger partial charge in [0.25, 0.3) is 0 Å². The van der Waals surface area contributed by atoms with Crippen molar-refractivity contribution < 1.29 is 9.18 Å². The summed E-state index contributed by atoms with van der Waals surface area (Å²) in [5.41, 5.74) is 0.654. The molecule has 0 fully saturated rings. The Morgan fingerprint density at radius 1 is 1.27 bits per heavy atom. The van der Waals surface area contributed by atoms with Gasteiger partial charge < -0.3 is 16.0 Å². The summed E-state index contributed by atoms with van der Waals surface area (Å²) in [4.78, 5) is 15.8. The second-order valence-electron chi connectivity index (χ2n) is 6.03. The van der Waals surface area contributed by atoms with Crippen LogP contribution >= 0.6 is 0 Å². The number of guanidine groups is 1. The summed E-state index contributed by atoms with van der Waals surface area (Å²) in [6.07, 6.45) is 0.673. The minimum atomic E-state index is -0.257. The molecule has 3 N–H and O–H groups in total. The molecule has 0 unspecified atom stereocenters. The normalized spacial score (nSPS) is 12.0. The highest BCUT2D eigenvalue weighted by atomic mass is 19.1. The van der Waals surface area contributed by atoms with Crippen LogP contribution in [0.15, 0.2) is 29.3 Å². The summed E-state index contributed by atoms with van der Waals surface area (Å²) in [5, 5.41) is 8.90. The van der Waals surface area contributed by atoms with Crippen LogP contribution in [-0.4, -0.2) is 37.5 Å². The molecule has 1 amide bonds. The zero-order valence-electron chi connectivity index (χ0n) is 13.7. The molecule has 0 aliphatic rings. The molecule has 0 spiro atoms. The molecule has 0 bridgehead atoms. The highest BCUT2D eigenvalue weighted by Gasteiger charge is 2.13. The molecule has 0 saturated heterocycles. The number of aliphatic imine (C=N–C) groups is 1. The molecule has 122 valence electrons. The zero-order chi connectivity index (χ0) is 16.6. The lowest BCUT2D eigenvalue weighted by molar-refractivity contribution is -0.121. The molecule has 1 aromatic rings. The van der Waals surface area contributed by atoms with Gasteiger partial charge in [-0.1, -0.05) is 12.1 Å². The van der Waals surface area contributed by atoms with Gasteiger partial charge in [-0.15, -0.1) is 0 Å². The Labute approximate surface area is 131 Å². The number of nitrogens with zero attached hydrogens (tertiary/aromatic N) is 1. The Balaban J connectivity index is 2.32. The summed E-state index contributed by atoms with van der Waals surface area (Å²) in [6, 6.07) is 6.49. The molecular weight excluding hydrogens is 283 g/mol. The van der Waals surface area contributed by atoms with Crippen molar-refractivity contribution in [1.82, 2.24) is 16.0 Å². The number of rotatable bonds is 5. The zero-order valence-corrected chi connectivity index (χ0v) is 13.7. The van der Waals surface area contributed by atoms with Crippen molar-refractivity contribution in [2.45, 2.75) is 32.7 Å². The van der Waals surface area contributed by atoms with Gasteiger partial charge in [-0.05, 0) is 44.9 Å². The fraction of sp³-hybridized carbons (Fsp3) is 0.500. The van der Waals surface area contributed by atoms with Crippen molar-refractivity contribution in [3.8, 4) is 0 Å². The first-order valence-electron chi connectivity index (χ1n) is 7.30. The third kappa shape index (κ3) is 7.61. The van der Waals surface area contributed by atoms with Crippen LogP contribution in [0, 0.1) is 5.82 Å². The second-order valence-corrected chi connectivity index (χ2v) is 6.03. The monoisotopic (exact) mass is 308 g/mol. The van der Waals surface area contributed by atoms with E-state index in [0.717, 1.165) is 5.56 Å². The molecule has 0 aliphatic heterocycles. The number of hydrogen-bond donors (Lipinski definition) is 3. The second kappa shape index (κ2) is 8.36. The van der Waals surface area contributed by atoms with E-state index >= 15 is 0 Å². The van der Waals surface area contributed by atoms with E-state index in [-0.39, 0.29) is 23.8 Å². The van der Waals surface area contributed by atoms with Crippen LogP contribution in [0.1, 0.15) is 26.3 Å². The van der Waals surface area contributed by atoms with Crippen molar-refractivity contribution in [2.75, 3.05) is 20.1 Å². The summed E-state index contributed by atoms with van der Waals surface area (Å²) in [5.74, 6) is 0.208. The summed E-state index contributed by atoms with van der Waals surface area (Å²) in [6.45, 7) is 6.53. The maximum atomic E-state index is 13.1. The Morgan fingerprint density at radius 2 is 2.00 bits per heavy atom. The molecule has 0 atom stereocenters. The number of halogens is 1. The molecule has 0 aliphatic carbocycles. The van der Waals surface area contributed by atoms with Crippen LogP contribution in [-0.2, 0) is 11.2 Å². The van der Waals surface area contributed by atoms with Crippen LogP contribution in [0.4, 0.5) is 4.39 Å². The number of nitrogens with one attached hydrogen (secondary N) is 3. The van der Waals surface area contributed by atoms with E-state index in [1.807, 2.05) is 26.8 Å². The Bertz CT molecular complexity index is 523. The molecule has 1 rings (SSSR count). The highest BCUT2D eigenvalue weighted by Crippen LogP contribution is 2.03. The van der Waals surface area contributed by atoms with Crippen LogP contribution in [0.2, 0.25) is 0 Å². The molecule has 0 aromatic heterocycles. The lowest BCUT2D eigenvalue weighted by Gasteiger charge is -2.21. The number of hydrogen-bond acceptors (Lipinski definition) is 2. The maximum Gasteiger partial charge on any atom is 0.239 e. The van der Waals surface area contributed by atoms with Crippen LogP contribution < -0.4 is 16.0 Å². The van der Waals surface area contributed by atoms with E-state index in [0.29, 0.717) is 18.9 Å². The standard InChI is InChI=1S/C16H25FN4O/c1-16(2,3)21-14(22)11-20-15(18-4)19-9-8-12-6-5-7-13(17)10-12/h5-7,10H,8-9,11H2,1-4H3,(H,21,22)(H2,18,19,20). The van der Waals surface area contributed by atoms with Gasteiger partial charge in [0.05, 0.1) is 6.54 Å².